The molecule has 1 saturated heterocycles. The molecule has 0 amide bonds. The number of thiazole rings is 1. The Morgan fingerprint density at radius 1 is 1.43 bits per heavy atom. The van der Waals surface area contributed by atoms with Crippen LogP contribution in [-0.2, 0) is 11.3 Å². The highest BCUT2D eigenvalue weighted by molar-refractivity contribution is 7.07. The lowest BCUT2D eigenvalue weighted by molar-refractivity contribution is 0.0875. The van der Waals surface area contributed by atoms with E-state index < -0.39 is 0 Å². The molecule has 0 spiro atoms. The predicted molar refractivity (Wildman–Crippen MR) is 83.7 cm³/mol. The fourth-order valence-electron chi connectivity index (χ4n) is 2.34. The summed E-state index contributed by atoms with van der Waals surface area (Å²) in [6.45, 7) is 2.35. The van der Waals surface area contributed by atoms with Crippen molar-refractivity contribution in [3.05, 3.63) is 29.0 Å². The quantitative estimate of drug-likeness (QED) is 0.913. The van der Waals surface area contributed by atoms with Crippen LogP contribution in [0.25, 0.3) is 0 Å². The molecule has 1 unspecified atom stereocenters. The highest BCUT2D eigenvalue weighted by Crippen LogP contribution is 2.18. The van der Waals surface area contributed by atoms with Crippen molar-refractivity contribution >= 4 is 23.0 Å². The molecule has 2 aromatic heterocycles. The molecule has 1 fully saturated rings. The van der Waals surface area contributed by atoms with Gasteiger partial charge in [-0.1, -0.05) is 0 Å². The smallest absolute Gasteiger partial charge is 0.134 e. The minimum Gasteiger partial charge on any atom is -0.379 e. The number of aromatic nitrogens is 3. The second-order valence-electron chi connectivity index (χ2n) is 5.16. The van der Waals surface area contributed by atoms with Crippen LogP contribution in [0.1, 0.15) is 18.5 Å². The molecule has 21 heavy (non-hydrogen) atoms. The Labute approximate surface area is 128 Å². The van der Waals surface area contributed by atoms with Crippen LogP contribution >= 0.6 is 11.3 Å². The van der Waals surface area contributed by atoms with E-state index in [0.717, 1.165) is 49.9 Å². The second kappa shape index (κ2) is 6.82. The zero-order valence-electron chi connectivity index (χ0n) is 12.0. The first-order chi connectivity index (χ1) is 10.3. The maximum atomic E-state index is 5.48. The standard InChI is InChI=1S/C14H19N5OS/c1-19(6-12-8-21-10-17-12)14-5-13(15-9-16-14)18-11-3-2-4-20-7-11/h5,8-11H,2-4,6-7H2,1H3,(H,15,16,18). The average Bonchev–Trinajstić information content (AvgIpc) is 3.01. The molecule has 7 heteroatoms. The van der Waals surface area contributed by atoms with Crippen molar-refractivity contribution in [1.29, 1.82) is 0 Å². The van der Waals surface area contributed by atoms with Crippen molar-refractivity contribution in [2.24, 2.45) is 0 Å². The zero-order chi connectivity index (χ0) is 14.5. The Morgan fingerprint density at radius 2 is 2.38 bits per heavy atom. The third-order valence-electron chi connectivity index (χ3n) is 3.44. The molecule has 0 radical (unpaired) electrons. The Bertz CT molecular complexity index is 556. The molecule has 3 heterocycles. The van der Waals surface area contributed by atoms with Gasteiger partial charge < -0.3 is 15.0 Å². The predicted octanol–water partition coefficient (Wildman–Crippen LogP) is 2.16. The molecule has 1 aliphatic heterocycles. The number of hydrogen-bond donors (Lipinski definition) is 1. The third-order valence-corrected chi connectivity index (χ3v) is 4.07. The maximum absolute atomic E-state index is 5.48. The molecule has 6 nitrogen and oxygen atoms in total. The van der Waals surface area contributed by atoms with Gasteiger partial charge >= 0.3 is 0 Å². The van der Waals surface area contributed by atoms with Crippen LogP contribution < -0.4 is 10.2 Å². The van der Waals surface area contributed by atoms with E-state index in [9.17, 15) is 0 Å². The van der Waals surface area contributed by atoms with Crippen LogP contribution in [0.15, 0.2) is 23.3 Å². The lowest BCUT2D eigenvalue weighted by atomic mass is 10.1. The van der Waals surface area contributed by atoms with Gasteiger partial charge in [0.05, 0.1) is 30.4 Å². The second-order valence-corrected chi connectivity index (χ2v) is 5.87. The number of nitrogens with zero attached hydrogens (tertiary/aromatic N) is 4. The van der Waals surface area contributed by atoms with Gasteiger partial charge in [0, 0.05) is 25.1 Å². The summed E-state index contributed by atoms with van der Waals surface area (Å²) in [5.41, 5.74) is 2.90. The lowest BCUT2D eigenvalue weighted by Gasteiger charge is -2.24. The van der Waals surface area contributed by atoms with Gasteiger partial charge in [0.25, 0.3) is 0 Å². The molecule has 0 aromatic carbocycles. The van der Waals surface area contributed by atoms with Crippen molar-refractivity contribution in [3.8, 4) is 0 Å². The van der Waals surface area contributed by atoms with Crippen molar-refractivity contribution < 1.29 is 4.74 Å². The molecule has 0 saturated carbocycles. The largest absolute Gasteiger partial charge is 0.379 e. The van der Waals surface area contributed by atoms with E-state index >= 15 is 0 Å². The highest BCUT2D eigenvalue weighted by Gasteiger charge is 2.14. The minimum absolute atomic E-state index is 0.338. The van der Waals surface area contributed by atoms with Gasteiger partial charge in [-0.15, -0.1) is 11.3 Å². The number of anilines is 2. The zero-order valence-corrected chi connectivity index (χ0v) is 12.8. The summed E-state index contributed by atoms with van der Waals surface area (Å²) in [5, 5.41) is 5.47. The van der Waals surface area contributed by atoms with Crippen LogP contribution in [0.3, 0.4) is 0 Å². The van der Waals surface area contributed by atoms with Gasteiger partial charge in [0.1, 0.15) is 18.0 Å². The Kier molecular flexibility index (Phi) is 4.62. The van der Waals surface area contributed by atoms with Gasteiger partial charge in [-0.25, -0.2) is 15.0 Å². The van der Waals surface area contributed by atoms with Crippen LogP contribution in [0.5, 0.6) is 0 Å². The molecule has 0 bridgehead atoms. The molecular formula is C14H19N5OS. The van der Waals surface area contributed by atoms with E-state index in [2.05, 4.69) is 30.5 Å². The summed E-state index contributed by atoms with van der Waals surface area (Å²) in [4.78, 5) is 15.0. The number of hydrogen-bond acceptors (Lipinski definition) is 7. The molecule has 3 rings (SSSR count). The summed E-state index contributed by atoms with van der Waals surface area (Å²) in [5.74, 6) is 1.73. The monoisotopic (exact) mass is 305 g/mol. The highest BCUT2D eigenvalue weighted by atomic mass is 32.1. The first kappa shape index (κ1) is 14.2. The summed E-state index contributed by atoms with van der Waals surface area (Å²) < 4.78 is 5.48. The lowest BCUT2D eigenvalue weighted by Crippen LogP contribution is -2.30. The van der Waals surface area contributed by atoms with Gasteiger partial charge in [0.2, 0.25) is 0 Å². The Balaban J connectivity index is 1.64. The van der Waals surface area contributed by atoms with E-state index in [-0.39, 0.29) is 0 Å². The van der Waals surface area contributed by atoms with Crippen molar-refractivity contribution in [3.63, 3.8) is 0 Å². The van der Waals surface area contributed by atoms with E-state index in [1.165, 1.54) is 0 Å². The fourth-order valence-corrected chi connectivity index (χ4v) is 2.89. The Hall–Kier alpha value is -1.73. The van der Waals surface area contributed by atoms with Gasteiger partial charge in [-0.3, -0.25) is 0 Å². The van der Waals surface area contributed by atoms with Crippen molar-refractivity contribution in [2.75, 3.05) is 30.5 Å². The molecule has 1 atom stereocenters. The average molecular weight is 305 g/mol. The van der Waals surface area contributed by atoms with Gasteiger partial charge in [0.15, 0.2) is 0 Å². The van der Waals surface area contributed by atoms with Crippen LogP contribution in [0.4, 0.5) is 11.6 Å². The van der Waals surface area contributed by atoms with E-state index in [4.69, 9.17) is 4.74 Å². The van der Waals surface area contributed by atoms with Crippen LogP contribution in [0, 0.1) is 0 Å². The van der Waals surface area contributed by atoms with Crippen LogP contribution in [0.2, 0.25) is 0 Å². The Morgan fingerprint density at radius 3 is 3.14 bits per heavy atom. The molecule has 1 N–H and O–H groups in total. The topological polar surface area (TPSA) is 63.2 Å². The summed E-state index contributed by atoms with van der Waals surface area (Å²) in [6, 6.07) is 2.31. The van der Waals surface area contributed by atoms with Crippen LogP contribution in [-0.4, -0.2) is 41.3 Å². The summed E-state index contributed by atoms with van der Waals surface area (Å²) in [6.07, 6.45) is 3.81. The molecule has 0 aliphatic carbocycles. The summed E-state index contributed by atoms with van der Waals surface area (Å²) in [7, 11) is 2.01. The number of nitrogens with one attached hydrogen (secondary N) is 1. The van der Waals surface area contributed by atoms with Gasteiger partial charge in [-0.2, -0.15) is 0 Å². The SMILES string of the molecule is CN(Cc1cscn1)c1cc(NC2CCCOC2)ncn1. The number of ether oxygens (including phenoxy) is 1. The number of rotatable bonds is 5. The fraction of sp³-hybridized carbons (Fsp3) is 0.500. The first-order valence-electron chi connectivity index (χ1n) is 7.06. The maximum Gasteiger partial charge on any atom is 0.134 e. The van der Waals surface area contributed by atoms with E-state index in [1.54, 1.807) is 17.7 Å². The molecular weight excluding hydrogens is 286 g/mol. The normalized spacial score (nSPS) is 18.4. The van der Waals surface area contributed by atoms with E-state index in [0.29, 0.717) is 6.04 Å². The van der Waals surface area contributed by atoms with Gasteiger partial charge in [-0.05, 0) is 12.8 Å². The van der Waals surface area contributed by atoms with Crippen molar-refractivity contribution in [1.82, 2.24) is 15.0 Å². The molecule has 112 valence electrons. The summed E-state index contributed by atoms with van der Waals surface area (Å²) >= 11 is 1.61. The molecule has 1 aliphatic rings. The van der Waals surface area contributed by atoms with Crippen molar-refractivity contribution in [2.45, 2.75) is 25.4 Å². The van der Waals surface area contributed by atoms with E-state index in [1.807, 2.05) is 18.6 Å². The third kappa shape index (κ3) is 3.89. The minimum atomic E-state index is 0.338. The first-order valence-corrected chi connectivity index (χ1v) is 8.00. The molecule has 2 aromatic rings.